The summed E-state index contributed by atoms with van der Waals surface area (Å²) in [6, 6.07) is 11.1. The number of carbonyl (C=O) groups excluding carboxylic acids is 1. The standard InChI is InChI=1S/C16H17N3O3/c20-15(17-9-12-4-2-1-3-5-12)10-19-16(21)8-13-11-22-7-6-14(13)18-19/h1-5,8H,6-7,9-11H2,(H,17,20). The number of hydrogen-bond donors (Lipinski definition) is 1. The van der Waals surface area contributed by atoms with Crippen LogP contribution in [-0.2, 0) is 35.6 Å². The summed E-state index contributed by atoms with van der Waals surface area (Å²) >= 11 is 0. The Morgan fingerprint density at radius 2 is 2.14 bits per heavy atom. The molecule has 3 rings (SSSR count). The number of amides is 1. The van der Waals surface area contributed by atoms with E-state index in [2.05, 4.69) is 10.4 Å². The molecule has 2 aromatic rings. The number of carbonyl (C=O) groups is 1. The van der Waals surface area contributed by atoms with Crippen LogP contribution in [0.15, 0.2) is 41.2 Å². The van der Waals surface area contributed by atoms with Crippen LogP contribution < -0.4 is 10.9 Å². The highest BCUT2D eigenvalue weighted by Crippen LogP contribution is 2.11. The minimum absolute atomic E-state index is 0.0696. The lowest BCUT2D eigenvalue weighted by molar-refractivity contribution is -0.122. The molecule has 1 amide bonds. The van der Waals surface area contributed by atoms with Gasteiger partial charge in [0.1, 0.15) is 6.54 Å². The molecule has 114 valence electrons. The molecule has 0 unspecified atom stereocenters. The maximum Gasteiger partial charge on any atom is 0.267 e. The molecule has 1 aliphatic heterocycles. The fraction of sp³-hybridized carbons (Fsp3) is 0.312. The molecule has 2 heterocycles. The van der Waals surface area contributed by atoms with E-state index in [9.17, 15) is 9.59 Å². The molecule has 0 radical (unpaired) electrons. The van der Waals surface area contributed by atoms with E-state index in [1.807, 2.05) is 30.3 Å². The van der Waals surface area contributed by atoms with E-state index in [4.69, 9.17) is 4.74 Å². The molecule has 0 fully saturated rings. The number of ether oxygens (including phenoxy) is 1. The number of rotatable bonds is 4. The molecule has 22 heavy (non-hydrogen) atoms. The zero-order chi connectivity index (χ0) is 15.4. The second-order valence-electron chi connectivity index (χ2n) is 5.18. The van der Waals surface area contributed by atoms with Crippen LogP contribution in [0.2, 0.25) is 0 Å². The molecule has 1 aliphatic rings. The van der Waals surface area contributed by atoms with Gasteiger partial charge in [0, 0.05) is 24.6 Å². The smallest absolute Gasteiger partial charge is 0.267 e. The van der Waals surface area contributed by atoms with Crippen LogP contribution in [-0.4, -0.2) is 22.3 Å². The van der Waals surface area contributed by atoms with Gasteiger partial charge in [0.2, 0.25) is 5.91 Å². The second kappa shape index (κ2) is 6.53. The predicted octanol–water partition coefficient (Wildman–Crippen LogP) is 0.632. The number of nitrogens with one attached hydrogen (secondary N) is 1. The largest absolute Gasteiger partial charge is 0.376 e. The Kier molecular flexibility index (Phi) is 4.29. The summed E-state index contributed by atoms with van der Waals surface area (Å²) in [5.74, 6) is -0.231. The fourth-order valence-corrected chi connectivity index (χ4v) is 2.35. The third kappa shape index (κ3) is 3.40. The van der Waals surface area contributed by atoms with Crippen molar-refractivity contribution in [2.45, 2.75) is 26.1 Å². The van der Waals surface area contributed by atoms with Crippen LogP contribution in [0.4, 0.5) is 0 Å². The topological polar surface area (TPSA) is 73.2 Å². The molecule has 1 aromatic heterocycles. The molecule has 6 nitrogen and oxygen atoms in total. The zero-order valence-electron chi connectivity index (χ0n) is 12.1. The Morgan fingerprint density at radius 3 is 2.95 bits per heavy atom. The summed E-state index contributed by atoms with van der Waals surface area (Å²) in [7, 11) is 0. The number of nitrogens with zero attached hydrogens (tertiary/aromatic N) is 2. The first-order valence-corrected chi connectivity index (χ1v) is 7.20. The molecule has 0 atom stereocenters. The molecule has 0 aliphatic carbocycles. The highest BCUT2D eigenvalue weighted by molar-refractivity contribution is 5.75. The Balaban J connectivity index is 1.65. The Bertz CT molecular complexity index is 725. The zero-order valence-corrected chi connectivity index (χ0v) is 12.1. The number of hydrogen-bond acceptors (Lipinski definition) is 4. The van der Waals surface area contributed by atoms with Crippen LogP contribution in [0.5, 0.6) is 0 Å². The third-order valence-corrected chi connectivity index (χ3v) is 3.53. The SMILES string of the molecule is O=C(Cn1nc2c(cc1=O)COCC2)NCc1ccccc1. The second-order valence-corrected chi connectivity index (χ2v) is 5.18. The Morgan fingerprint density at radius 1 is 1.32 bits per heavy atom. The van der Waals surface area contributed by atoms with Crippen molar-refractivity contribution in [2.75, 3.05) is 6.61 Å². The van der Waals surface area contributed by atoms with E-state index in [0.717, 1.165) is 16.8 Å². The van der Waals surface area contributed by atoms with Gasteiger partial charge in [-0.2, -0.15) is 5.10 Å². The van der Waals surface area contributed by atoms with Gasteiger partial charge >= 0.3 is 0 Å². The quantitative estimate of drug-likeness (QED) is 0.899. The lowest BCUT2D eigenvalue weighted by Crippen LogP contribution is -2.34. The van der Waals surface area contributed by atoms with Gasteiger partial charge in [-0.25, -0.2) is 4.68 Å². The minimum Gasteiger partial charge on any atom is -0.376 e. The highest BCUT2D eigenvalue weighted by Gasteiger charge is 2.14. The summed E-state index contributed by atoms with van der Waals surface area (Å²) in [6.45, 7) is 1.38. The maximum absolute atomic E-state index is 12.0. The molecule has 0 bridgehead atoms. The summed E-state index contributed by atoms with van der Waals surface area (Å²) in [4.78, 5) is 23.9. The summed E-state index contributed by atoms with van der Waals surface area (Å²) in [5, 5.41) is 7.06. The predicted molar refractivity (Wildman–Crippen MR) is 80.1 cm³/mol. The molecule has 0 spiro atoms. The van der Waals surface area contributed by atoms with Gasteiger partial charge in [-0.1, -0.05) is 30.3 Å². The van der Waals surface area contributed by atoms with Gasteiger partial charge in [-0.3, -0.25) is 9.59 Å². The van der Waals surface area contributed by atoms with E-state index < -0.39 is 0 Å². The van der Waals surface area contributed by atoms with Crippen LogP contribution >= 0.6 is 0 Å². The first kappa shape index (κ1) is 14.5. The number of aromatic nitrogens is 2. The van der Waals surface area contributed by atoms with E-state index in [0.29, 0.717) is 26.2 Å². The average Bonchev–Trinajstić information content (AvgIpc) is 2.55. The van der Waals surface area contributed by atoms with Crippen LogP contribution in [0.1, 0.15) is 16.8 Å². The van der Waals surface area contributed by atoms with Crippen molar-refractivity contribution < 1.29 is 9.53 Å². The first-order chi connectivity index (χ1) is 10.7. The van der Waals surface area contributed by atoms with E-state index >= 15 is 0 Å². The van der Waals surface area contributed by atoms with Gasteiger partial charge in [-0.15, -0.1) is 0 Å². The van der Waals surface area contributed by atoms with Crippen molar-refractivity contribution in [3.05, 3.63) is 63.6 Å². The lowest BCUT2D eigenvalue weighted by Gasteiger charge is -2.16. The first-order valence-electron chi connectivity index (χ1n) is 7.20. The van der Waals surface area contributed by atoms with Crippen molar-refractivity contribution in [2.24, 2.45) is 0 Å². The van der Waals surface area contributed by atoms with Crippen LogP contribution in [0.25, 0.3) is 0 Å². The molecule has 6 heteroatoms. The van der Waals surface area contributed by atoms with E-state index in [1.165, 1.54) is 10.7 Å². The van der Waals surface area contributed by atoms with Crippen LogP contribution in [0.3, 0.4) is 0 Å². The van der Waals surface area contributed by atoms with Gasteiger partial charge < -0.3 is 10.1 Å². The summed E-state index contributed by atoms with van der Waals surface area (Å²) in [6.07, 6.45) is 0.668. The summed E-state index contributed by atoms with van der Waals surface area (Å²) < 4.78 is 6.50. The van der Waals surface area contributed by atoms with E-state index in [-0.39, 0.29) is 18.0 Å². The average molecular weight is 299 g/mol. The molecule has 1 aromatic carbocycles. The van der Waals surface area contributed by atoms with Crippen molar-refractivity contribution in [3.8, 4) is 0 Å². The fourth-order valence-electron chi connectivity index (χ4n) is 2.35. The van der Waals surface area contributed by atoms with E-state index in [1.54, 1.807) is 0 Å². The number of benzene rings is 1. The van der Waals surface area contributed by atoms with Crippen molar-refractivity contribution in [1.29, 1.82) is 0 Å². The van der Waals surface area contributed by atoms with Gasteiger partial charge in [0.25, 0.3) is 5.56 Å². The highest BCUT2D eigenvalue weighted by atomic mass is 16.5. The number of fused-ring (bicyclic) bond motifs is 1. The molecule has 0 saturated heterocycles. The minimum atomic E-state index is -0.279. The van der Waals surface area contributed by atoms with Crippen molar-refractivity contribution in [3.63, 3.8) is 0 Å². The molecular weight excluding hydrogens is 282 g/mol. The van der Waals surface area contributed by atoms with Crippen molar-refractivity contribution >= 4 is 5.91 Å². The monoisotopic (exact) mass is 299 g/mol. The van der Waals surface area contributed by atoms with Gasteiger partial charge in [0.15, 0.2) is 0 Å². The normalized spacial score (nSPS) is 13.5. The molecule has 1 N–H and O–H groups in total. The lowest BCUT2D eigenvalue weighted by atomic mass is 10.1. The summed E-state index contributed by atoms with van der Waals surface area (Å²) in [5.41, 5.74) is 2.39. The Labute approximate surface area is 127 Å². The maximum atomic E-state index is 12.0. The molecule has 0 saturated carbocycles. The molecular formula is C16H17N3O3. The Hall–Kier alpha value is -2.47. The van der Waals surface area contributed by atoms with Gasteiger partial charge in [-0.05, 0) is 5.56 Å². The third-order valence-electron chi connectivity index (χ3n) is 3.53. The van der Waals surface area contributed by atoms with Crippen LogP contribution in [0, 0.1) is 0 Å². The van der Waals surface area contributed by atoms with Crippen molar-refractivity contribution in [1.82, 2.24) is 15.1 Å². The van der Waals surface area contributed by atoms with Gasteiger partial charge in [0.05, 0.1) is 18.9 Å².